The summed E-state index contributed by atoms with van der Waals surface area (Å²) in [5.41, 5.74) is -0.552. The third-order valence-corrected chi connectivity index (χ3v) is 3.45. The molecule has 82 valence electrons. The van der Waals surface area contributed by atoms with Gasteiger partial charge in [0.2, 0.25) is 0 Å². The van der Waals surface area contributed by atoms with E-state index in [-0.39, 0.29) is 29.4 Å². The first kappa shape index (κ1) is 9.28. The zero-order chi connectivity index (χ0) is 11.4. The van der Waals surface area contributed by atoms with Crippen LogP contribution < -0.4 is 11.4 Å². The lowest BCUT2D eigenvalue weighted by Crippen LogP contribution is -2.43. The summed E-state index contributed by atoms with van der Waals surface area (Å²) >= 11 is 0. The number of rotatable bonds is 0. The van der Waals surface area contributed by atoms with Gasteiger partial charge < -0.3 is 0 Å². The standard InChI is InChI=1S/C11H11N3O2/c1-3-7-6-8-4-5-9(7)14-11(16)12(2)10(15)13(8)14/h1,4-5,7-9H,6H2,2H3/t7-,8+,9+/m0/s1. The van der Waals surface area contributed by atoms with Crippen molar-refractivity contribution in [1.29, 1.82) is 0 Å². The van der Waals surface area contributed by atoms with Crippen molar-refractivity contribution < 1.29 is 0 Å². The van der Waals surface area contributed by atoms with Crippen molar-refractivity contribution in [3.63, 3.8) is 0 Å². The average Bonchev–Trinajstić information content (AvgIpc) is 2.56. The van der Waals surface area contributed by atoms with Gasteiger partial charge in [0.25, 0.3) is 0 Å². The molecule has 5 nitrogen and oxygen atoms in total. The molecule has 16 heavy (non-hydrogen) atoms. The number of nitrogens with zero attached hydrogens (tertiary/aromatic N) is 3. The summed E-state index contributed by atoms with van der Waals surface area (Å²) in [6.07, 6.45) is 10.1. The predicted molar refractivity (Wildman–Crippen MR) is 58.1 cm³/mol. The Balaban J connectivity index is 2.36. The lowest BCUT2D eigenvalue weighted by Gasteiger charge is -2.37. The lowest BCUT2D eigenvalue weighted by atomic mass is 9.86. The third kappa shape index (κ3) is 0.871. The monoisotopic (exact) mass is 217 g/mol. The number of terminal acetylenes is 1. The van der Waals surface area contributed by atoms with E-state index in [1.54, 1.807) is 0 Å². The molecule has 4 rings (SSSR count). The molecule has 0 N–H and O–H groups in total. The van der Waals surface area contributed by atoms with Crippen molar-refractivity contribution in [3.05, 3.63) is 33.1 Å². The predicted octanol–water partition coefficient (Wildman–Crippen LogP) is -0.346. The summed E-state index contributed by atoms with van der Waals surface area (Å²) in [6, 6.07) is -0.246. The molecule has 2 aliphatic heterocycles. The second kappa shape index (κ2) is 2.79. The Morgan fingerprint density at radius 1 is 1.31 bits per heavy atom. The molecule has 0 saturated carbocycles. The molecule has 2 bridgehead atoms. The maximum Gasteiger partial charge on any atom is 0.347 e. The number of aromatic nitrogens is 3. The molecule has 0 spiro atoms. The molecule has 3 aliphatic rings. The average molecular weight is 217 g/mol. The van der Waals surface area contributed by atoms with Gasteiger partial charge in [0.1, 0.15) is 0 Å². The van der Waals surface area contributed by atoms with Gasteiger partial charge in [-0.1, -0.05) is 12.2 Å². The molecular weight excluding hydrogens is 206 g/mol. The quantitative estimate of drug-likeness (QED) is 0.440. The molecule has 3 atom stereocenters. The highest BCUT2D eigenvalue weighted by Gasteiger charge is 2.38. The molecule has 0 unspecified atom stereocenters. The summed E-state index contributed by atoms with van der Waals surface area (Å²) in [5.74, 6) is 2.71. The van der Waals surface area contributed by atoms with E-state index in [4.69, 9.17) is 6.42 Å². The fourth-order valence-corrected chi connectivity index (χ4v) is 2.60. The summed E-state index contributed by atoms with van der Waals surface area (Å²) in [5, 5.41) is 0. The van der Waals surface area contributed by atoms with Crippen molar-refractivity contribution in [2.24, 2.45) is 13.0 Å². The van der Waals surface area contributed by atoms with E-state index in [9.17, 15) is 9.59 Å². The van der Waals surface area contributed by atoms with E-state index >= 15 is 0 Å². The molecule has 1 aromatic heterocycles. The van der Waals surface area contributed by atoms with Gasteiger partial charge in [-0.25, -0.2) is 23.5 Å². The summed E-state index contributed by atoms with van der Waals surface area (Å²) in [4.78, 5) is 23.7. The fourth-order valence-electron chi connectivity index (χ4n) is 2.60. The van der Waals surface area contributed by atoms with Crippen molar-refractivity contribution in [2.45, 2.75) is 18.5 Å². The van der Waals surface area contributed by atoms with Crippen molar-refractivity contribution >= 4 is 0 Å². The number of hydrogen-bond acceptors (Lipinski definition) is 2. The van der Waals surface area contributed by atoms with Gasteiger partial charge in [-0.05, 0) is 6.42 Å². The topological polar surface area (TPSA) is 48.9 Å². The summed E-state index contributed by atoms with van der Waals surface area (Å²) < 4.78 is 4.13. The highest BCUT2D eigenvalue weighted by Crippen LogP contribution is 2.37. The third-order valence-electron chi connectivity index (χ3n) is 3.45. The van der Waals surface area contributed by atoms with Gasteiger partial charge in [0, 0.05) is 13.0 Å². The van der Waals surface area contributed by atoms with E-state index < -0.39 is 0 Å². The van der Waals surface area contributed by atoms with Gasteiger partial charge in [0.05, 0.1) is 12.1 Å². The molecule has 0 amide bonds. The van der Waals surface area contributed by atoms with Crippen LogP contribution in [0.15, 0.2) is 21.7 Å². The Labute approximate surface area is 91.6 Å². The molecule has 1 aliphatic carbocycles. The largest absolute Gasteiger partial charge is 0.347 e. The van der Waals surface area contributed by atoms with Crippen LogP contribution in [-0.2, 0) is 7.05 Å². The number of fused-ring (bicyclic) bond motifs is 1. The molecule has 0 radical (unpaired) electrons. The van der Waals surface area contributed by atoms with Gasteiger partial charge in [0.15, 0.2) is 0 Å². The van der Waals surface area contributed by atoms with Crippen LogP contribution in [0.5, 0.6) is 0 Å². The van der Waals surface area contributed by atoms with Crippen LogP contribution in [-0.4, -0.2) is 13.9 Å². The number of hydrogen-bond donors (Lipinski definition) is 0. The van der Waals surface area contributed by atoms with Crippen LogP contribution in [0.1, 0.15) is 18.5 Å². The van der Waals surface area contributed by atoms with Crippen molar-refractivity contribution in [2.75, 3.05) is 0 Å². The van der Waals surface area contributed by atoms with Crippen LogP contribution in [0, 0.1) is 18.3 Å². The SMILES string of the molecule is C#C[C@H]1C[C@H]2C=C[C@H]1n1c(=O)n(C)c(=O)n12. The van der Waals surface area contributed by atoms with E-state index in [1.165, 1.54) is 16.4 Å². The number of allylic oxidation sites excluding steroid dienone is 2. The first-order valence-corrected chi connectivity index (χ1v) is 5.19. The first-order chi connectivity index (χ1) is 7.65. The Bertz CT molecular complexity index is 638. The second-order valence-electron chi connectivity index (χ2n) is 4.27. The van der Waals surface area contributed by atoms with Gasteiger partial charge in [-0.2, -0.15) is 0 Å². The zero-order valence-electron chi connectivity index (χ0n) is 8.83. The van der Waals surface area contributed by atoms with Crippen LogP contribution >= 0.6 is 0 Å². The molecular formula is C11H11N3O2. The second-order valence-corrected chi connectivity index (χ2v) is 4.27. The maximum atomic E-state index is 11.9. The van der Waals surface area contributed by atoms with Crippen LogP contribution in [0.3, 0.4) is 0 Å². The Kier molecular flexibility index (Phi) is 1.62. The van der Waals surface area contributed by atoms with Crippen LogP contribution in [0.25, 0.3) is 0 Å². The van der Waals surface area contributed by atoms with E-state index in [2.05, 4.69) is 5.92 Å². The molecule has 0 saturated heterocycles. The molecule has 3 heterocycles. The van der Waals surface area contributed by atoms with E-state index in [1.807, 2.05) is 12.2 Å². The van der Waals surface area contributed by atoms with Crippen molar-refractivity contribution in [1.82, 2.24) is 13.9 Å². The fraction of sp³-hybridized carbons (Fsp3) is 0.455. The summed E-state index contributed by atoms with van der Waals surface area (Å²) in [7, 11) is 1.49. The van der Waals surface area contributed by atoms with Crippen LogP contribution in [0.2, 0.25) is 0 Å². The van der Waals surface area contributed by atoms with Crippen molar-refractivity contribution in [3.8, 4) is 12.3 Å². The Hall–Kier alpha value is -1.96. The molecule has 1 aromatic rings. The van der Waals surface area contributed by atoms with E-state index in [0.29, 0.717) is 0 Å². The first-order valence-electron chi connectivity index (χ1n) is 5.19. The summed E-state index contributed by atoms with van der Waals surface area (Å²) in [6.45, 7) is 0. The zero-order valence-corrected chi connectivity index (χ0v) is 8.83. The molecule has 0 fully saturated rings. The normalized spacial score (nSPS) is 30.1. The lowest BCUT2D eigenvalue weighted by molar-refractivity contribution is 0.215. The van der Waals surface area contributed by atoms with Gasteiger partial charge >= 0.3 is 11.4 Å². The van der Waals surface area contributed by atoms with Crippen LogP contribution in [0.4, 0.5) is 0 Å². The smallest absolute Gasteiger partial charge is 0.246 e. The van der Waals surface area contributed by atoms with Gasteiger partial charge in [-0.15, -0.1) is 12.3 Å². The molecule has 0 aromatic carbocycles. The Morgan fingerprint density at radius 3 is 2.69 bits per heavy atom. The molecule has 5 heteroatoms. The Morgan fingerprint density at radius 2 is 2.00 bits per heavy atom. The minimum Gasteiger partial charge on any atom is -0.246 e. The minimum absolute atomic E-state index is 0.00880. The van der Waals surface area contributed by atoms with Gasteiger partial charge in [-0.3, -0.25) is 0 Å². The van der Waals surface area contributed by atoms with E-state index in [0.717, 1.165) is 11.0 Å². The maximum absolute atomic E-state index is 11.9. The highest BCUT2D eigenvalue weighted by atomic mass is 16.2. The highest BCUT2D eigenvalue weighted by molar-refractivity contribution is 5.17. The minimum atomic E-state index is -0.288.